The van der Waals surface area contributed by atoms with E-state index in [4.69, 9.17) is 5.73 Å². The average molecular weight is 174 g/mol. The van der Waals surface area contributed by atoms with Crippen molar-refractivity contribution in [1.82, 2.24) is 4.98 Å². The standard InChI is InChI=1S/C11H14N2/c1-2-3-8-4-5-10(12)9-6-7-13-11(8)9/h4-7,13H,2-3,12H2,1H3. The third-order valence-electron chi connectivity index (χ3n) is 2.36. The van der Waals surface area contributed by atoms with Crippen molar-refractivity contribution in [3.63, 3.8) is 0 Å². The summed E-state index contributed by atoms with van der Waals surface area (Å²) in [6.45, 7) is 2.19. The molecule has 0 radical (unpaired) electrons. The van der Waals surface area contributed by atoms with E-state index >= 15 is 0 Å². The second-order valence-electron chi connectivity index (χ2n) is 3.33. The summed E-state index contributed by atoms with van der Waals surface area (Å²) in [6, 6.07) is 6.13. The van der Waals surface area contributed by atoms with Gasteiger partial charge in [-0.2, -0.15) is 0 Å². The second-order valence-corrected chi connectivity index (χ2v) is 3.33. The molecule has 0 amide bonds. The first-order chi connectivity index (χ1) is 6.33. The molecule has 1 aromatic carbocycles. The highest BCUT2D eigenvalue weighted by molar-refractivity contribution is 5.92. The van der Waals surface area contributed by atoms with E-state index in [-0.39, 0.29) is 0 Å². The molecule has 0 fully saturated rings. The fourth-order valence-electron chi connectivity index (χ4n) is 1.72. The van der Waals surface area contributed by atoms with Crippen LogP contribution < -0.4 is 5.73 Å². The zero-order valence-corrected chi connectivity index (χ0v) is 7.80. The van der Waals surface area contributed by atoms with Crippen LogP contribution in [-0.4, -0.2) is 4.98 Å². The van der Waals surface area contributed by atoms with E-state index in [1.54, 1.807) is 0 Å². The van der Waals surface area contributed by atoms with E-state index < -0.39 is 0 Å². The van der Waals surface area contributed by atoms with Gasteiger partial charge in [-0.3, -0.25) is 0 Å². The molecule has 0 aliphatic carbocycles. The number of aromatic nitrogens is 1. The Morgan fingerprint density at radius 2 is 2.15 bits per heavy atom. The molecule has 2 nitrogen and oxygen atoms in total. The average Bonchev–Trinajstić information content (AvgIpc) is 2.59. The van der Waals surface area contributed by atoms with Crippen LogP contribution in [0.25, 0.3) is 10.9 Å². The van der Waals surface area contributed by atoms with Crippen molar-refractivity contribution >= 4 is 16.6 Å². The number of anilines is 1. The molecule has 2 heteroatoms. The predicted octanol–water partition coefficient (Wildman–Crippen LogP) is 2.70. The number of fused-ring (bicyclic) bond motifs is 1. The van der Waals surface area contributed by atoms with Crippen molar-refractivity contribution in [2.24, 2.45) is 0 Å². The van der Waals surface area contributed by atoms with Crippen LogP contribution in [0, 0.1) is 0 Å². The number of aromatic amines is 1. The molecular formula is C11H14N2. The Balaban J connectivity index is 2.64. The van der Waals surface area contributed by atoms with Gasteiger partial charge in [0.25, 0.3) is 0 Å². The van der Waals surface area contributed by atoms with Crippen LogP contribution in [0.3, 0.4) is 0 Å². The minimum absolute atomic E-state index is 0.858. The first kappa shape index (κ1) is 8.17. The molecule has 1 aromatic heterocycles. The highest BCUT2D eigenvalue weighted by atomic mass is 14.7. The van der Waals surface area contributed by atoms with Gasteiger partial charge in [-0.25, -0.2) is 0 Å². The number of rotatable bonds is 2. The van der Waals surface area contributed by atoms with Crippen molar-refractivity contribution in [1.29, 1.82) is 0 Å². The molecule has 0 saturated heterocycles. The van der Waals surface area contributed by atoms with E-state index in [2.05, 4.69) is 18.0 Å². The summed E-state index contributed by atoms with van der Waals surface area (Å²) in [6.07, 6.45) is 4.22. The van der Waals surface area contributed by atoms with Gasteiger partial charge >= 0.3 is 0 Å². The molecule has 0 saturated carbocycles. The molecule has 0 unspecified atom stereocenters. The van der Waals surface area contributed by atoms with Gasteiger partial charge < -0.3 is 10.7 Å². The van der Waals surface area contributed by atoms with E-state index in [1.807, 2.05) is 18.3 Å². The summed E-state index contributed by atoms with van der Waals surface area (Å²) >= 11 is 0. The van der Waals surface area contributed by atoms with E-state index in [0.717, 1.165) is 23.9 Å². The topological polar surface area (TPSA) is 41.8 Å². The molecular weight excluding hydrogens is 160 g/mol. The number of nitrogens with two attached hydrogens (primary N) is 1. The van der Waals surface area contributed by atoms with Crippen molar-refractivity contribution in [2.75, 3.05) is 5.73 Å². The van der Waals surface area contributed by atoms with Crippen LogP contribution in [-0.2, 0) is 6.42 Å². The lowest BCUT2D eigenvalue weighted by Gasteiger charge is -2.03. The van der Waals surface area contributed by atoms with Crippen LogP contribution in [0.2, 0.25) is 0 Å². The first-order valence-corrected chi connectivity index (χ1v) is 4.67. The number of aryl methyl sites for hydroxylation is 1. The van der Waals surface area contributed by atoms with Gasteiger partial charge in [0.2, 0.25) is 0 Å². The lowest BCUT2D eigenvalue weighted by atomic mass is 10.1. The third kappa shape index (κ3) is 1.28. The Bertz CT molecular complexity index is 415. The van der Waals surface area contributed by atoms with Crippen LogP contribution in [0.1, 0.15) is 18.9 Å². The van der Waals surface area contributed by atoms with Crippen molar-refractivity contribution in [3.8, 4) is 0 Å². The highest BCUT2D eigenvalue weighted by Crippen LogP contribution is 2.24. The minimum atomic E-state index is 0.858. The summed E-state index contributed by atoms with van der Waals surface area (Å²) in [7, 11) is 0. The van der Waals surface area contributed by atoms with E-state index in [1.165, 1.54) is 11.1 Å². The van der Waals surface area contributed by atoms with Gasteiger partial charge in [-0.1, -0.05) is 19.4 Å². The van der Waals surface area contributed by atoms with Gasteiger partial charge in [-0.15, -0.1) is 0 Å². The van der Waals surface area contributed by atoms with E-state index in [9.17, 15) is 0 Å². The monoisotopic (exact) mass is 174 g/mol. The van der Waals surface area contributed by atoms with Gasteiger partial charge in [0, 0.05) is 17.3 Å². The molecule has 0 aliphatic heterocycles. The molecule has 1 heterocycles. The number of nitrogen functional groups attached to an aromatic ring is 1. The molecule has 2 aromatic rings. The molecule has 0 atom stereocenters. The van der Waals surface area contributed by atoms with Gasteiger partial charge in [0.05, 0.1) is 5.52 Å². The summed E-state index contributed by atoms with van der Waals surface area (Å²) in [5.41, 5.74) is 9.26. The molecule has 13 heavy (non-hydrogen) atoms. The van der Waals surface area contributed by atoms with Crippen molar-refractivity contribution in [2.45, 2.75) is 19.8 Å². The maximum absolute atomic E-state index is 5.85. The smallest absolute Gasteiger partial charge is 0.0507 e. The third-order valence-corrected chi connectivity index (χ3v) is 2.36. The Morgan fingerprint density at radius 1 is 1.31 bits per heavy atom. The molecule has 68 valence electrons. The van der Waals surface area contributed by atoms with Gasteiger partial charge in [0.1, 0.15) is 0 Å². The van der Waals surface area contributed by atoms with Crippen LogP contribution >= 0.6 is 0 Å². The number of nitrogens with one attached hydrogen (secondary N) is 1. The zero-order valence-electron chi connectivity index (χ0n) is 7.80. The SMILES string of the molecule is CCCc1ccc(N)c2cc[nH]c12. The Labute approximate surface area is 77.8 Å². The summed E-state index contributed by atoms with van der Waals surface area (Å²) in [5.74, 6) is 0. The minimum Gasteiger partial charge on any atom is -0.398 e. The predicted molar refractivity (Wildman–Crippen MR) is 56.7 cm³/mol. The lowest BCUT2D eigenvalue weighted by Crippen LogP contribution is -1.90. The quantitative estimate of drug-likeness (QED) is 0.675. The van der Waals surface area contributed by atoms with Gasteiger partial charge in [0.15, 0.2) is 0 Å². The number of hydrogen-bond donors (Lipinski definition) is 2. The number of H-pyrrole nitrogens is 1. The molecule has 0 spiro atoms. The Kier molecular flexibility index (Phi) is 1.97. The number of benzene rings is 1. The zero-order chi connectivity index (χ0) is 9.26. The normalized spacial score (nSPS) is 10.8. The lowest BCUT2D eigenvalue weighted by molar-refractivity contribution is 0.927. The molecule has 2 rings (SSSR count). The number of hydrogen-bond acceptors (Lipinski definition) is 1. The fourth-order valence-corrected chi connectivity index (χ4v) is 1.72. The largest absolute Gasteiger partial charge is 0.398 e. The fraction of sp³-hybridized carbons (Fsp3) is 0.273. The molecule has 3 N–H and O–H groups in total. The highest BCUT2D eigenvalue weighted by Gasteiger charge is 2.03. The summed E-state index contributed by atoms with van der Waals surface area (Å²) in [4.78, 5) is 3.23. The molecule has 0 aliphatic rings. The second kappa shape index (κ2) is 3.13. The maximum Gasteiger partial charge on any atom is 0.0507 e. The summed E-state index contributed by atoms with van der Waals surface area (Å²) in [5, 5.41) is 1.14. The molecule has 0 bridgehead atoms. The van der Waals surface area contributed by atoms with Crippen molar-refractivity contribution in [3.05, 3.63) is 30.0 Å². The Hall–Kier alpha value is -1.44. The van der Waals surface area contributed by atoms with Gasteiger partial charge in [-0.05, 0) is 24.1 Å². The van der Waals surface area contributed by atoms with E-state index in [0.29, 0.717) is 0 Å². The summed E-state index contributed by atoms with van der Waals surface area (Å²) < 4.78 is 0. The Morgan fingerprint density at radius 3 is 2.92 bits per heavy atom. The maximum atomic E-state index is 5.85. The van der Waals surface area contributed by atoms with Crippen LogP contribution in [0.5, 0.6) is 0 Å². The van der Waals surface area contributed by atoms with Crippen LogP contribution in [0.4, 0.5) is 5.69 Å². The van der Waals surface area contributed by atoms with Crippen LogP contribution in [0.15, 0.2) is 24.4 Å². The van der Waals surface area contributed by atoms with Crippen molar-refractivity contribution < 1.29 is 0 Å². The first-order valence-electron chi connectivity index (χ1n) is 4.67.